The van der Waals surface area contributed by atoms with Gasteiger partial charge in [0.15, 0.2) is 0 Å². The summed E-state index contributed by atoms with van der Waals surface area (Å²) in [6, 6.07) is 8.45. The maximum Gasteiger partial charge on any atom is 0.0412 e. The zero-order valence-corrected chi connectivity index (χ0v) is 11.0. The lowest BCUT2D eigenvalue weighted by atomic mass is 10.1. The number of piperazine rings is 1. The third-order valence-corrected chi connectivity index (χ3v) is 3.60. The van der Waals surface area contributed by atoms with Crippen molar-refractivity contribution in [2.45, 2.75) is 13.0 Å². The van der Waals surface area contributed by atoms with E-state index in [1.807, 2.05) is 0 Å². The zero-order chi connectivity index (χ0) is 12.8. The normalized spacial score (nSPS) is 17.1. The van der Waals surface area contributed by atoms with Gasteiger partial charge in [0, 0.05) is 38.4 Å². The molecule has 1 aliphatic rings. The molecule has 0 aromatic heterocycles. The maximum atomic E-state index is 5.80. The second-order valence-corrected chi connectivity index (χ2v) is 4.80. The van der Waals surface area contributed by atoms with Gasteiger partial charge in [-0.2, -0.15) is 0 Å². The predicted molar refractivity (Wildman–Crippen MR) is 76.7 cm³/mol. The zero-order valence-electron chi connectivity index (χ0n) is 11.0. The molecule has 4 heteroatoms. The molecule has 4 N–H and O–H groups in total. The molecule has 1 aromatic rings. The largest absolute Gasteiger partial charge is 0.369 e. The quantitative estimate of drug-likeness (QED) is 0.802. The van der Waals surface area contributed by atoms with Gasteiger partial charge in [-0.15, -0.1) is 0 Å². The van der Waals surface area contributed by atoms with E-state index in [0.29, 0.717) is 6.54 Å². The van der Waals surface area contributed by atoms with Gasteiger partial charge < -0.3 is 16.4 Å². The minimum Gasteiger partial charge on any atom is -0.369 e. The fourth-order valence-electron chi connectivity index (χ4n) is 2.52. The minimum atomic E-state index is 0.615. The van der Waals surface area contributed by atoms with E-state index in [4.69, 9.17) is 11.5 Å². The van der Waals surface area contributed by atoms with E-state index in [-0.39, 0.29) is 0 Å². The lowest BCUT2D eigenvalue weighted by Gasteiger charge is -2.37. The average molecular weight is 248 g/mol. The van der Waals surface area contributed by atoms with Crippen LogP contribution in [0.15, 0.2) is 24.3 Å². The van der Waals surface area contributed by atoms with Crippen molar-refractivity contribution in [3.05, 3.63) is 29.8 Å². The van der Waals surface area contributed by atoms with E-state index in [1.165, 1.54) is 11.3 Å². The summed E-state index contributed by atoms with van der Waals surface area (Å²) >= 11 is 0. The summed E-state index contributed by atoms with van der Waals surface area (Å²) in [4.78, 5) is 4.94. The number of benzene rings is 1. The number of hydrogen-bond donors (Lipinski definition) is 2. The molecule has 2 rings (SSSR count). The van der Waals surface area contributed by atoms with Crippen LogP contribution < -0.4 is 16.4 Å². The molecule has 4 nitrogen and oxygen atoms in total. The molecule has 0 saturated carbocycles. The van der Waals surface area contributed by atoms with Crippen molar-refractivity contribution in [2.75, 3.05) is 44.2 Å². The molecule has 1 fully saturated rings. The topological polar surface area (TPSA) is 58.5 Å². The Hall–Kier alpha value is -1.10. The molecule has 100 valence electrons. The minimum absolute atomic E-state index is 0.615. The van der Waals surface area contributed by atoms with Gasteiger partial charge in [0.25, 0.3) is 0 Å². The number of anilines is 1. The van der Waals surface area contributed by atoms with Crippen LogP contribution in [0.1, 0.15) is 12.0 Å². The van der Waals surface area contributed by atoms with E-state index >= 15 is 0 Å². The molecule has 0 radical (unpaired) electrons. The van der Waals surface area contributed by atoms with Crippen molar-refractivity contribution in [1.82, 2.24) is 4.90 Å². The summed E-state index contributed by atoms with van der Waals surface area (Å²) in [7, 11) is 0. The Morgan fingerprint density at radius 2 is 1.72 bits per heavy atom. The van der Waals surface area contributed by atoms with Gasteiger partial charge in [-0.1, -0.05) is 18.2 Å². The third kappa shape index (κ3) is 3.22. The van der Waals surface area contributed by atoms with Crippen LogP contribution in [-0.4, -0.2) is 44.2 Å². The second kappa shape index (κ2) is 6.73. The van der Waals surface area contributed by atoms with Crippen molar-refractivity contribution in [2.24, 2.45) is 11.5 Å². The molecule has 1 heterocycles. The maximum absolute atomic E-state index is 5.80. The van der Waals surface area contributed by atoms with Crippen molar-refractivity contribution in [3.8, 4) is 0 Å². The predicted octanol–water partition coefficient (Wildman–Crippen LogP) is 0.616. The van der Waals surface area contributed by atoms with Crippen LogP contribution in [0.25, 0.3) is 0 Å². The van der Waals surface area contributed by atoms with Crippen LogP contribution in [0.5, 0.6) is 0 Å². The first-order chi connectivity index (χ1) is 8.85. The standard InChI is InChI=1S/C14H24N4/c15-6-3-7-17-8-10-18(11-9-17)14-5-2-1-4-13(14)12-16/h1-2,4-5H,3,6-12,15-16H2. The lowest BCUT2D eigenvalue weighted by Crippen LogP contribution is -2.47. The summed E-state index contributed by atoms with van der Waals surface area (Å²) in [6.07, 6.45) is 1.10. The Kier molecular flexibility index (Phi) is 4.99. The fourth-order valence-corrected chi connectivity index (χ4v) is 2.52. The monoisotopic (exact) mass is 248 g/mol. The first-order valence-electron chi connectivity index (χ1n) is 6.80. The van der Waals surface area contributed by atoms with Gasteiger partial charge in [-0.05, 0) is 31.1 Å². The Balaban J connectivity index is 1.92. The van der Waals surface area contributed by atoms with Gasteiger partial charge >= 0.3 is 0 Å². The molecule has 0 bridgehead atoms. The molecule has 1 aromatic carbocycles. The van der Waals surface area contributed by atoms with E-state index in [0.717, 1.165) is 45.7 Å². The van der Waals surface area contributed by atoms with Crippen LogP contribution >= 0.6 is 0 Å². The number of nitrogens with two attached hydrogens (primary N) is 2. The molecule has 1 saturated heterocycles. The number of para-hydroxylation sites is 1. The summed E-state index contributed by atoms with van der Waals surface area (Å²) < 4.78 is 0. The molecule has 0 amide bonds. The smallest absolute Gasteiger partial charge is 0.0412 e. The molecular formula is C14H24N4. The summed E-state index contributed by atoms with van der Waals surface area (Å²) in [5.41, 5.74) is 13.9. The van der Waals surface area contributed by atoms with E-state index in [2.05, 4.69) is 34.1 Å². The van der Waals surface area contributed by atoms with Gasteiger partial charge in [0.05, 0.1) is 0 Å². The SMILES string of the molecule is NCCCN1CCN(c2ccccc2CN)CC1. The van der Waals surface area contributed by atoms with Crippen LogP contribution in [0.2, 0.25) is 0 Å². The Morgan fingerprint density at radius 1 is 1.00 bits per heavy atom. The molecule has 0 unspecified atom stereocenters. The van der Waals surface area contributed by atoms with Crippen LogP contribution in [-0.2, 0) is 6.54 Å². The van der Waals surface area contributed by atoms with E-state index < -0.39 is 0 Å². The molecular weight excluding hydrogens is 224 g/mol. The summed E-state index contributed by atoms with van der Waals surface area (Å²) in [6.45, 7) is 6.95. The van der Waals surface area contributed by atoms with Gasteiger partial charge in [0.2, 0.25) is 0 Å². The van der Waals surface area contributed by atoms with Crippen LogP contribution in [0, 0.1) is 0 Å². The highest BCUT2D eigenvalue weighted by Crippen LogP contribution is 2.21. The molecule has 18 heavy (non-hydrogen) atoms. The summed E-state index contributed by atoms with van der Waals surface area (Å²) in [5.74, 6) is 0. The molecule has 0 aliphatic carbocycles. The van der Waals surface area contributed by atoms with Gasteiger partial charge in [0.1, 0.15) is 0 Å². The number of nitrogens with zero attached hydrogens (tertiary/aromatic N) is 2. The van der Waals surface area contributed by atoms with Crippen LogP contribution in [0.4, 0.5) is 5.69 Å². The number of rotatable bonds is 5. The van der Waals surface area contributed by atoms with Gasteiger partial charge in [-0.25, -0.2) is 0 Å². The van der Waals surface area contributed by atoms with Gasteiger partial charge in [-0.3, -0.25) is 4.90 Å². The highest BCUT2D eigenvalue weighted by Gasteiger charge is 2.17. The molecule has 0 atom stereocenters. The van der Waals surface area contributed by atoms with E-state index in [9.17, 15) is 0 Å². The Labute approximate surface area is 110 Å². The summed E-state index contributed by atoms with van der Waals surface area (Å²) in [5, 5.41) is 0. The van der Waals surface area contributed by atoms with Crippen molar-refractivity contribution >= 4 is 5.69 Å². The van der Waals surface area contributed by atoms with Crippen molar-refractivity contribution in [3.63, 3.8) is 0 Å². The first-order valence-corrected chi connectivity index (χ1v) is 6.80. The fraction of sp³-hybridized carbons (Fsp3) is 0.571. The Bertz CT molecular complexity index is 359. The second-order valence-electron chi connectivity index (χ2n) is 4.80. The third-order valence-electron chi connectivity index (χ3n) is 3.60. The average Bonchev–Trinajstić information content (AvgIpc) is 2.45. The lowest BCUT2D eigenvalue weighted by molar-refractivity contribution is 0.256. The Morgan fingerprint density at radius 3 is 2.39 bits per heavy atom. The first kappa shape index (κ1) is 13.3. The van der Waals surface area contributed by atoms with Crippen LogP contribution in [0.3, 0.4) is 0 Å². The van der Waals surface area contributed by atoms with Crippen molar-refractivity contribution < 1.29 is 0 Å². The van der Waals surface area contributed by atoms with Crippen molar-refractivity contribution in [1.29, 1.82) is 0 Å². The highest BCUT2D eigenvalue weighted by molar-refractivity contribution is 5.53. The number of hydrogen-bond acceptors (Lipinski definition) is 4. The van der Waals surface area contributed by atoms with E-state index in [1.54, 1.807) is 0 Å². The highest BCUT2D eigenvalue weighted by atomic mass is 15.3. The molecule has 0 spiro atoms. The molecule has 1 aliphatic heterocycles.